The van der Waals surface area contributed by atoms with Gasteiger partial charge in [-0.2, -0.15) is 5.26 Å². The van der Waals surface area contributed by atoms with Crippen molar-refractivity contribution in [2.45, 2.75) is 6.54 Å². The quantitative estimate of drug-likeness (QED) is 0.648. The van der Waals surface area contributed by atoms with Gasteiger partial charge in [0, 0.05) is 4.88 Å². The van der Waals surface area contributed by atoms with Crippen LogP contribution in [0.25, 0.3) is 0 Å². The van der Waals surface area contributed by atoms with Crippen LogP contribution < -0.4 is 22.5 Å². The molecule has 0 aliphatic heterocycles. The standard InChI is InChI=1S/C13H12N4OS.H3N/c14-7-9-3-4-12(11(15)6-9)17-13(18)16-8-10-2-1-5-19-10;/h1-6H,8,15H2,(H2,16,17,18);1H3. The van der Waals surface area contributed by atoms with Crippen molar-refractivity contribution in [3.63, 3.8) is 0 Å². The van der Waals surface area contributed by atoms with Crippen molar-refractivity contribution in [3.8, 4) is 6.07 Å². The lowest BCUT2D eigenvalue weighted by molar-refractivity contribution is 0.252. The van der Waals surface area contributed by atoms with Gasteiger partial charge in [-0.25, -0.2) is 4.79 Å². The van der Waals surface area contributed by atoms with Crippen molar-refractivity contribution in [2.24, 2.45) is 0 Å². The maximum absolute atomic E-state index is 11.7. The molecule has 0 saturated carbocycles. The van der Waals surface area contributed by atoms with Gasteiger partial charge in [0.25, 0.3) is 0 Å². The van der Waals surface area contributed by atoms with Crippen LogP contribution in [-0.4, -0.2) is 6.03 Å². The fraction of sp³-hybridized carbons (Fsp3) is 0.0769. The second-order valence-electron chi connectivity index (χ2n) is 3.80. The first kappa shape index (κ1) is 15.5. The minimum absolute atomic E-state index is 0. The average Bonchev–Trinajstić information content (AvgIpc) is 2.92. The van der Waals surface area contributed by atoms with Gasteiger partial charge in [-0.05, 0) is 29.6 Å². The summed E-state index contributed by atoms with van der Waals surface area (Å²) in [6, 6.07) is 10.3. The molecule has 2 amide bonds. The van der Waals surface area contributed by atoms with Crippen LogP contribution in [0.2, 0.25) is 0 Å². The minimum Gasteiger partial charge on any atom is -0.397 e. The van der Waals surface area contributed by atoms with E-state index in [9.17, 15) is 4.79 Å². The zero-order valence-corrected chi connectivity index (χ0v) is 11.5. The van der Waals surface area contributed by atoms with E-state index in [1.54, 1.807) is 23.5 Å². The van der Waals surface area contributed by atoms with Gasteiger partial charge >= 0.3 is 6.03 Å². The Morgan fingerprint density at radius 3 is 2.80 bits per heavy atom. The first-order chi connectivity index (χ1) is 9.19. The zero-order chi connectivity index (χ0) is 13.7. The molecule has 1 aromatic heterocycles. The third-order valence-electron chi connectivity index (χ3n) is 2.43. The molecule has 7 heteroatoms. The van der Waals surface area contributed by atoms with E-state index in [2.05, 4.69) is 10.6 Å². The third kappa shape index (κ3) is 3.98. The summed E-state index contributed by atoms with van der Waals surface area (Å²) < 4.78 is 0. The van der Waals surface area contributed by atoms with E-state index in [1.165, 1.54) is 6.07 Å². The number of anilines is 2. The molecule has 1 heterocycles. The van der Waals surface area contributed by atoms with E-state index in [0.717, 1.165) is 4.88 Å². The number of hydrogen-bond donors (Lipinski definition) is 4. The Labute approximate surface area is 120 Å². The van der Waals surface area contributed by atoms with Crippen LogP contribution in [0, 0.1) is 11.3 Å². The Hall–Kier alpha value is -2.56. The number of nitrogen functional groups attached to an aromatic ring is 1. The molecule has 0 bridgehead atoms. The third-order valence-corrected chi connectivity index (χ3v) is 3.31. The summed E-state index contributed by atoms with van der Waals surface area (Å²) in [7, 11) is 0. The number of nitriles is 1. The number of amides is 2. The fourth-order valence-electron chi connectivity index (χ4n) is 1.49. The maximum Gasteiger partial charge on any atom is 0.319 e. The predicted molar refractivity (Wildman–Crippen MR) is 80.8 cm³/mol. The van der Waals surface area contributed by atoms with Gasteiger partial charge in [-0.1, -0.05) is 6.07 Å². The van der Waals surface area contributed by atoms with Crippen LogP contribution in [0.1, 0.15) is 10.4 Å². The molecule has 0 aliphatic rings. The van der Waals surface area contributed by atoms with Gasteiger partial charge in [0.15, 0.2) is 0 Å². The van der Waals surface area contributed by atoms with Crippen LogP contribution in [0.15, 0.2) is 35.7 Å². The summed E-state index contributed by atoms with van der Waals surface area (Å²) in [5.41, 5.74) is 7.06. The number of carbonyl (C=O) groups is 1. The van der Waals surface area contributed by atoms with Crippen LogP contribution in [0.5, 0.6) is 0 Å². The fourth-order valence-corrected chi connectivity index (χ4v) is 2.14. The van der Waals surface area contributed by atoms with Crippen molar-refractivity contribution in [1.29, 1.82) is 5.26 Å². The molecule has 0 radical (unpaired) electrons. The average molecular weight is 289 g/mol. The largest absolute Gasteiger partial charge is 0.397 e. The topological polar surface area (TPSA) is 126 Å². The van der Waals surface area contributed by atoms with Crippen molar-refractivity contribution < 1.29 is 4.79 Å². The van der Waals surface area contributed by atoms with Gasteiger partial charge in [0.2, 0.25) is 0 Å². The first-order valence-electron chi connectivity index (χ1n) is 5.56. The number of nitrogens with two attached hydrogens (primary N) is 1. The van der Waals surface area contributed by atoms with Gasteiger partial charge in [0.05, 0.1) is 29.6 Å². The van der Waals surface area contributed by atoms with E-state index in [1.807, 2.05) is 23.6 Å². The zero-order valence-electron chi connectivity index (χ0n) is 10.7. The number of nitrogens with one attached hydrogen (secondary N) is 2. The van der Waals surface area contributed by atoms with Crippen molar-refractivity contribution in [2.75, 3.05) is 11.1 Å². The highest BCUT2D eigenvalue weighted by atomic mass is 32.1. The summed E-state index contributed by atoms with van der Waals surface area (Å²) in [6.07, 6.45) is 0. The molecule has 2 aromatic rings. The van der Waals surface area contributed by atoms with E-state index < -0.39 is 0 Å². The smallest absolute Gasteiger partial charge is 0.319 e. The highest BCUT2D eigenvalue weighted by molar-refractivity contribution is 7.09. The minimum atomic E-state index is -0.329. The maximum atomic E-state index is 11.7. The summed E-state index contributed by atoms with van der Waals surface area (Å²) in [4.78, 5) is 12.7. The number of thiophene rings is 1. The molecule has 0 atom stereocenters. The molecule has 20 heavy (non-hydrogen) atoms. The molecule has 0 aliphatic carbocycles. The molecule has 2 rings (SSSR count). The predicted octanol–water partition coefficient (Wildman–Crippen LogP) is 2.69. The monoisotopic (exact) mass is 289 g/mol. The van der Waals surface area contributed by atoms with Gasteiger partial charge in [-0.15, -0.1) is 11.3 Å². The molecule has 0 spiro atoms. The van der Waals surface area contributed by atoms with Crippen LogP contribution in [-0.2, 0) is 6.54 Å². The molecule has 6 nitrogen and oxygen atoms in total. The second kappa shape index (κ2) is 7.13. The molecule has 0 saturated heterocycles. The summed E-state index contributed by atoms with van der Waals surface area (Å²) >= 11 is 1.58. The van der Waals surface area contributed by atoms with E-state index in [0.29, 0.717) is 23.5 Å². The molecule has 1 aromatic carbocycles. The van der Waals surface area contributed by atoms with Crippen molar-refractivity contribution >= 4 is 28.7 Å². The van der Waals surface area contributed by atoms with Gasteiger partial charge in [0.1, 0.15) is 0 Å². The number of carbonyl (C=O) groups excluding carboxylic acids is 1. The number of benzene rings is 1. The highest BCUT2D eigenvalue weighted by Gasteiger charge is 2.05. The Morgan fingerprint density at radius 2 is 2.20 bits per heavy atom. The lowest BCUT2D eigenvalue weighted by Gasteiger charge is -2.09. The summed E-state index contributed by atoms with van der Waals surface area (Å²) in [6.45, 7) is 0.472. The number of rotatable bonds is 3. The summed E-state index contributed by atoms with van der Waals surface area (Å²) in [5.74, 6) is 0. The highest BCUT2D eigenvalue weighted by Crippen LogP contribution is 2.19. The van der Waals surface area contributed by atoms with Crippen molar-refractivity contribution in [1.82, 2.24) is 11.5 Å². The molecule has 7 N–H and O–H groups in total. The lowest BCUT2D eigenvalue weighted by Crippen LogP contribution is -2.28. The molecular formula is C13H15N5OS. The normalized spacial score (nSPS) is 9.15. The number of hydrogen-bond acceptors (Lipinski definition) is 5. The van der Waals surface area contributed by atoms with E-state index >= 15 is 0 Å². The SMILES string of the molecule is N.N#Cc1ccc(NC(=O)NCc2cccs2)c(N)c1. The Kier molecular flexibility index (Phi) is 5.53. The van der Waals surface area contributed by atoms with E-state index in [4.69, 9.17) is 11.0 Å². The lowest BCUT2D eigenvalue weighted by atomic mass is 10.2. The Morgan fingerprint density at radius 1 is 1.40 bits per heavy atom. The van der Waals surface area contributed by atoms with Gasteiger partial charge < -0.3 is 22.5 Å². The number of nitrogens with zero attached hydrogens (tertiary/aromatic N) is 1. The van der Waals surface area contributed by atoms with Gasteiger partial charge in [-0.3, -0.25) is 0 Å². The molecule has 0 fully saturated rings. The number of urea groups is 1. The van der Waals surface area contributed by atoms with E-state index in [-0.39, 0.29) is 12.2 Å². The Balaban J connectivity index is 0.00000200. The Bertz CT molecular complexity index is 618. The summed E-state index contributed by atoms with van der Waals surface area (Å²) in [5, 5.41) is 16.0. The molecule has 0 unspecified atom stereocenters. The second-order valence-corrected chi connectivity index (χ2v) is 4.83. The molecular weight excluding hydrogens is 274 g/mol. The first-order valence-corrected chi connectivity index (χ1v) is 6.44. The van der Waals surface area contributed by atoms with Crippen LogP contribution in [0.3, 0.4) is 0 Å². The molecule has 104 valence electrons. The van der Waals surface area contributed by atoms with Crippen molar-refractivity contribution in [3.05, 3.63) is 46.2 Å². The van der Waals surface area contributed by atoms with Crippen LogP contribution in [0.4, 0.5) is 16.2 Å². The van der Waals surface area contributed by atoms with Crippen LogP contribution >= 0.6 is 11.3 Å².